The Labute approximate surface area is 159 Å². The van der Waals surface area contributed by atoms with E-state index < -0.39 is 30.0 Å². The zero-order valence-electron chi connectivity index (χ0n) is 16.0. The lowest BCUT2D eigenvalue weighted by atomic mass is 10.2. The topological polar surface area (TPSA) is 136 Å². The van der Waals surface area contributed by atoms with E-state index in [0.717, 1.165) is 0 Å². The number of hydrogen-bond acceptors (Lipinski definition) is 7. The minimum atomic E-state index is -0.889. The van der Waals surface area contributed by atoms with Gasteiger partial charge in [0, 0.05) is 25.7 Å². The van der Waals surface area contributed by atoms with E-state index in [9.17, 15) is 19.2 Å². The molecule has 0 spiro atoms. The molecular formula is C18H30O9. The average molecular weight is 390 g/mol. The number of rotatable bonds is 16. The van der Waals surface area contributed by atoms with Gasteiger partial charge in [0.15, 0.2) is 0 Å². The van der Waals surface area contributed by atoms with E-state index in [2.05, 4.69) is 0 Å². The third-order valence-electron chi connectivity index (χ3n) is 3.47. The first-order valence-electron chi connectivity index (χ1n) is 9.11. The van der Waals surface area contributed by atoms with Crippen LogP contribution in [0.3, 0.4) is 0 Å². The highest BCUT2D eigenvalue weighted by atomic mass is 16.6. The van der Waals surface area contributed by atoms with Crippen LogP contribution in [-0.2, 0) is 33.4 Å². The molecule has 9 heteroatoms. The molecule has 9 nitrogen and oxygen atoms in total. The number of carbonyl (C=O) groups excluding carboxylic acids is 2. The third kappa shape index (κ3) is 17.0. The van der Waals surface area contributed by atoms with E-state index in [0.29, 0.717) is 25.7 Å². The maximum Gasteiger partial charge on any atom is 0.306 e. The standard InChI is InChI=1S/C18H30O9/c1-13(11-26-17(23)9-5-3-7-15(19)20)25-12-14(2)27-18(24)10-6-4-8-16(21)22/h13-14H,3-12H2,1-2H3,(H,19,20)(H,21,22). The van der Waals surface area contributed by atoms with E-state index >= 15 is 0 Å². The van der Waals surface area contributed by atoms with Crippen LogP contribution >= 0.6 is 0 Å². The molecule has 0 aliphatic rings. The summed E-state index contributed by atoms with van der Waals surface area (Å²) >= 11 is 0. The summed E-state index contributed by atoms with van der Waals surface area (Å²) in [4.78, 5) is 43.8. The van der Waals surface area contributed by atoms with Gasteiger partial charge in [-0.3, -0.25) is 19.2 Å². The highest BCUT2D eigenvalue weighted by Gasteiger charge is 2.13. The lowest BCUT2D eigenvalue weighted by Gasteiger charge is -2.17. The van der Waals surface area contributed by atoms with Crippen molar-refractivity contribution >= 4 is 23.9 Å². The Balaban J connectivity index is 3.73. The summed E-state index contributed by atoms with van der Waals surface area (Å²) in [5, 5.41) is 17.0. The molecule has 0 aromatic carbocycles. The van der Waals surface area contributed by atoms with Gasteiger partial charge in [-0.1, -0.05) is 0 Å². The van der Waals surface area contributed by atoms with Gasteiger partial charge in [0.1, 0.15) is 12.7 Å². The number of carboxylic acids is 2. The molecule has 0 aliphatic carbocycles. The SMILES string of the molecule is CC(COC(=O)CCCCC(=O)O)OCC(C)OC(=O)CCCCC(=O)O. The van der Waals surface area contributed by atoms with Gasteiger partial charge in [0.05, 0.1) is 12.7 Å². The van der Waals surface area contributed by atoms with Crippen molar-refractivity contribution in [2.24, 2.45) is 0 Å². The molecule has 0 saturated carbocycles. The van der Waals surface area contributed by atoms with Crippen molar-refractivity contribution in [2.75, 3.05) is 13.2 Å². The summed E-state index contributed by atoms with van der Waals surface area (Å²) in [6.07, 6.45) is 1.31. The van der Waals surface area contributed by atoms with E-state index in [-0.39, 0.29) is 45.0 Å². The number of esters is 2. The number of carbonyl (C=O) groups is 4. The van der Waals surface area contributed by atoms with Crippen LogP contribution in [0.15, 0.2) is 0 Å². The third-order valence-corrected chi connectivity index (χ3v) is 3.47. The molecule has 2 atom stereocenters. The Kier molecular flexibility index (Phi) is 13.8. The zero-order chi connectivity index (χ0) is 20.7. The van der Waals surface area contributed by atoms with Crippen molar-refractivity contribution in [1.29, 1.82) is 0 Å². The molecule has 0 aliphatic heterocycles. The number of aliphatic carboxylic acids is 2. The van der Waals surface area contributed by atoms with Gasteiger partial charge in [0.25, 0.3) is 0 Å². The van der Waals surface area contributed by atoms with Crippen LogP contribution in [0.4, 0.5) is 0 Å². The predicted molar refractivity (Wildman–Crippen MR) is 94.1 cm³/mol. The summed E-state index contributed by atoms with van der Waals surface area (Å²) in [6, 6.07) is 0. The van der Waals surface area contributed by atoms with Crippen LogP contribution in [0, 0.1) is 0 Å². The van der Waals surface area contributed by atoms with Crippen LogP contribution in [0.2, 0.25) is 0 Å². The smallest absolute Gasteiger partial charge is 0.306 e. The van der Waals surface area contributed by atoms with E-state index in [1.54, 1.807) is 13.8 Å². The van der Waals surface area contributed by atoms with Crippen molar-refractivity contribution in [3.05, 3.63) is 0 Å². The maximum absolute atomic E-state index is 11.6. The Hall–Kier alpha value is -2.16. The van der Waals surface area contributed by atoms with Gasteiger partial charge < -0.3 is 24.4 Å². The van der Waals surface area contributed by atoms with Gasteiger partial charge >= 0.3 is 23.9 Å². The molecule has 0 aromatic heterocycles. The number of ether oxygens (including phenoxy) is 3. The fraction of sp³-hybridized carbons (Fsp3) is 0.778. The number of hydrogen-bond donors (Lipinski definition) is 2. The van der Waals surface area contributed by atoms with Crippen molar-refractivity contribution in [2.45, 2.75) is 77.4 Å². The van der Waals surface area contributed by atoms with Crippen molar-refractivity contribution in [1.82, 2.24) is 0 Å². The first kappa shape index (κ1) is 24.8. The summed E-state index contributed by atoms with van der Waals surface area (Å²) in [5.74, 6) is -2.59. The molecule has 156 valence electrons. The highest BCUT2D eigenvalue weighted by Crippen LogP contribution is 2.06. The van der Waals surface area contributed by atoms with Crippen LogP contribution in [0.5, 0.6) is 0 Å². The van der Waals surface area contributed by atoms with Gasteiger partial charge in [-0.25, -0.2) is 0 Å². The van der Waals surface area contributed by atoms with Crippen LogP contribution < -0.4 is 0 Å². The molecule has 0 radical (unpaired) electrons. The molecular weight excluding hydrogens is 360 g/mol. The molecule has 0 saturated heterocycles. The summed E-state index contributed by atoms with van der Waals surface area (Å²) in [7, 11) is 0. The van der Waals surface area contributed by atoms with Gasteiger partial charge in [-0.2, -0.15) is 0 Å². The van der Waals surface area contributed by atoms with Crippen molar-refractivity contribution in [3.63, 3.8) is 0 Å². The maximum atomic E-state index is 11.6. The molecule has 0 aromatic rings. The first-order chi connectivity index (χ1) is 12.7. The van der Waals surface area contributed by atoms with Crippen LogP contribution in [0.25, 0.3) is 0 Å². The van der Waals surface area contributed by atoms with Crippen molar-refractivity contribution < 1.29 is 43.6 Å². The molecule has 2 N–H and O–H groups in total. The molecule has 0 amide bonds. The van der Waals surface area contributed by atoms with E-state index in [4.69, 9.17) is 24.4 Å². The Morgan fingerprint density at radius 2 is 1.19 bits per heavy atom. The van der Waals surface area contributed by atoms with E-state index in [1.807, 2.05) is 0 Å². The Bertz CT molecular complexity index is 475. The second kappa shape index (κ2) is 15.0. The summed E-state index contributed by atoms with van der Waals surface area (Å²) < 4.78 is 15.7. The van der Waals surface area contributed by atoms with E-state index in [1.165, 1.54) is 0 Å². The largest absolute Gasteiger partial charge is 0.481 e. The average Bonchev–Trinajstić information content (AvgIpc) is 2.58. The molecule has 27 heavy (non-hydrogen) atoms. The monoisotopic (exact) mass is 390 g/mol. The summed E-state index contributed by atoms with van der Waals surface area (Å²) in [6.45, 7) is 3.61. The number of carboxylic acid groups (broad SMARTS) is 2. The van der Waals surface area contributed by atoms with Gasteiger partial charge in [-0.15, -0.1) is 0 Å². The molecule has 0 bridgehead atoms. The van der Waals surface area contributed by atoms with Crippen LogP contribution in [0.1, 0.15) is 65.2 Å². The molecule has 0 fully saturated rings. The van der Waals surface area contributed by atoms with Crippen molar-refractivity contribution in [3.8, 4) is 0 Å². The molecule has 0 heterocycles. The fourth-order valence-corrected chi connectivity index (χ4v) is 2.04. The lowest BCUT2D eigenvalue weighted by Crippen LogP contribution is -2.26. The number of unbranched alkanes of at least 4 members (excludes halogenated alkanes) is 2. The minimum Gasteiger partial charge on any atom is -0.481 e. The fourth-order valence-electron chi connectivity index (χ4n) is 2.04. The van der Waals surface area contributed by atoms with Crippen LogP contribution in [-0.4, -0.2) is 59.5 Å². The molecule has 2 unspecified atom stereocenters. The highest BCUT2D eigenvalue weighted by molar-refractivity contribution is 5.70. The quantitative estimate of drug-likeness (QED) is 0.300. The summed E-state index contributed by atoms with van der Waals surface area (Å²) in [5.41, 5.74) is 0. The molecule has 0 rings (SSSR count). The Morgan fingerprint density at radius 3 is 1.70 bits per heavy atom. The Morgan fingerprint density at radius 1 is 0.704 bits per heavy atom. The minimum absolute atomic E-state index is 0.0295. The second-order valence-corrected chi connectivity index (χ2v) is 6.33. The van der Waals surface area contributed by atoms with Gasteiger partial charge in [-0.05, 0) is 39.5 Å². The second-order valence-electron chi connectivity index (χ2n) is 6.33. The normalized spacial score (nSPS) is 12.8. The van der Waals surface area contributed by atoms with Gasteiger partial charge in [0.2, 0.25) is 0 Å². The first-order valence-corrected chi connectivity index (χ1v) is 9.11. The zero-order valence-corrected chi connectivity index (χ0v) is 16.0. The lowest BCUT2D eigenvalue weighted by molar-refractivity contribution is -0.155. The predicted octanol–water partition coefficient (Wildman–Crippen LogP) is 2.16.